The standard InChI is InChI=1S/C23H29IN8O2/c24-29-28-21(27)14-3-5-17-13(8-14)4-6-19(17)32-16-9-20(23(32)34)30(11-16)12-18(26)22(33)31-7-1-2-15(31)10-25/h3,5,8,15-16,18-20,29H,1-2,4,6-7,9,11-12,26H2,(H2,27,28)/t15?,16-,18?,19-,20?/m0/s1. The van der Waals surface area contributed by atoms with E-state index in [1.165, 1.54) is 11.1 Å². The number of carbonyl (C=O) groups excluding carboxylic acids is 2. The molecule has 5 atom stereocenters. The molecule has 5 N–H and O–H groups in total. The average Bonchev–Trinajstić information content (AvgIpc) is 3.61. The van der Waals surface area contributed by atoms with E-state index in [1.54, 1.807) is 4.90 Å². The van der Waals surface area contributed by atoms with Gasteiger partial charge in [0.05, 0.1) is 47.1 Å². The molecule has 180 valence electrons. The van der Waals surface area contributed by atoms with Crippen LogP contribution in [0.5, 0.6) is 0 Å². The van der Waals surface area contributed by atoms with Crippen molar-refractivity contribution in [3.8, 4) is 6.07 Å². The molecule has 34 heavy (non-hydrogen) atoms. The Labute approximate surface area is 212 Å². The highest BCUT2D eigenvalue weighted by Crippen LogP contribution is 2.44. The zero-order valence-corrected chi connectivity index (χ0v) is 21.0. The second-order valence-electron chi connectivity index (χ2n) is 9.58. The van der Waals surface area contributed by atoms with E-state index in [-0.39, 0.29) is 36.0 Å². The largest absolute Gasteiger partial charge is 0.382 e. The predicted molar refractivity (Wildman–Crippen MR) is 134 cm³/mol. The van der Waals surface area contributed by atoms with Crippen molar-refractivity contribution < 1.29 is 9.59 Å². The fraction of sp³-hybridized carbons (Fsp3) is 0.565. The predicted octanol–water partition coefficient (Wildman–Crippen LogP) is 0.361. The zero-order chi connectivity index (χ0) is 24.0. The van der Waals surface area contributed by atoms with Gasteiger partial charge in [-0.3, -0.25) is 14.5 Å². The lowest BCUT2D eigenvalue weighted by Gasteiger charge is -2.38. The number of benzene rings is 1. The van der Waals surface area contributed by atoms with Gasteiger partial charge in [0.2, 0.25) is 11.8 Å². The molecule has 0 aromatic heterocycles. The maximum atomic E-state index is 13.4. The van der Waals surface area contributed by atoms with Gasteiger partial charge in [0.1, 0.15) is 6.04 Å². The number of amides is 2. The van der Waals surface area contributed by atoms with E-state index in [0.29, 0.717) is 25.3 Å². The fourth-order valence-electron chi connectivity index (χ4n) is 6.16. The SMILES string of the molecule is N#CC1CCCN1C(=O)C(N)CN1C[C@@H]2CC1C(=O)N2[C@H]1CCc2cc(C(N)=NNI)ccc21. The number of halogens is 1. The first-order valence-corrected chi connectivity index (χ1v) is 12.8. The third kappa shape index (κ3) is 3.91. The van der Waals surface area contributed by atoms with Gasteiger partial charge in [0, 0.05) is 31.2 Å². The molecule has 11 heteroatoms. The number of carbonyl (C=O) groups is 2. The van der Waals surface area contributed by atoms with Crippen molar-refractivity contribution in [3.63, 3.8) is 0 Å². The summed E-state index contributed by atoms with van der Waals surface area (Å²) in [5, 5.41) is 13.3. The van der Waals surface area contributed by atoms with E-state index < -0.39 is 6.04 Å². The molecule has 3 fully saturated rings. The minimum Gasteiger partial charge on any atom is -0.382 e. The van der Waals surface area contributed by atoms with Gasteiger partial charge < -0.3 is 21.3 Å². The van der Waals surface area contributed by atoms with E-state index in [1.807, 2.05) is 28.9 Å². The molecule has 2 amide bonds. The lowest BCUT2D eigenvalue weighted by Crippen LogP contribution is -2.56. The number of rotatable bonds is 6. The summed E-state index contributed by atoms with van der Waals surface area (Å²) >= 11 is 1.92. The Bertz CT molecular complexity index is 1070. The van der Waals surface area contributed by atoms with Crippen LogP contribution in [0.25, 0.3) is 0 Å². The topological polar surface area (TPSA) is 144 Å². The quantitative estimate of drug-likeness (QED) is 0.146. The lowest BCUT2D eigenvalue weighted by molar-refractivity contribution is -0.141. The number of amidine groups is 1. The Morgan fingerprint density at radius 2 is 2.18 bits per heavy atom. The number of piperazine rings is 1. The summed E-state index contributed by atoms with van der Waals surface area (Å²) in [5.74, 6) is 0.384. The smallest absolute Gasteiger partial charge is 0.241 e. The number of hydrogen-bond acceptors (Lipinski definition) is 7. The molecule has 1 aromatic rings. The summed E-state index contributed by atoms with van der Waals surface area (Å²) in [6.45, 7) is 1.66. The Balaban J connectivity index is 1.25. The molecular weight excluding hydrogens is 547 g/mol. The van der Waals surface area contributed by atoms with E-state index >= 15 is 0 Å². The van der Waals surface area contributed by atoms with Crippen LogP contribution in [0.4, 0.5) is 0 Å². The Hall–Kier alpha value is -2.43. The van der Waals surface area contributed by atoms with Crippen LogP contribution in [0.2, 0.25) is 0 Å². The number of fused-ring (bicyclic) bond motifs is 3. The number of nitrogens with two attached hydrogens (primary N) is 2. The highest BCUT2D eigenvalue weighted by atomic mass is 127. The number of hydrazone groups is 1. The van der Waals surface area contributed by atoms with Crippen molar-refractivity contribution in [2.24, 2.45) is 16.6 Å². The van der Waals surface area contributed by atoms with Gasteiger partial charge in [0.15, 0.2) is 5.84 Å². The molecule has 3 heterocycles. The van der Waals surface area contributed by atoms with Gasteiger partial charge in [-0.25, -0.2) is 3.64 Å². The number of aryl methyl sites for hydroxylation is 1. The minimum absolute atomic E-state index is 0.0749. The third-order valence-electron chi connectivity index (χ3n) is 7.73. The van der Waals surface area contributed by atoms with E-state index in [0.717, 1.165) is 37.8 Å². The second kappa shape index (κ2) is 9.31. The van der Waals surface area contributed by atoms with Crippen LogP contribution in [0.3, 0.4) is 0 Å². The molecule has 0 radical (unpaired) electrons. The summed E-state index contributed by atoms with van der Waals surface area (Å²) in [5.41, 5.74) is 15.6. The van der Waals surface area contributed by atoms with Crippen LogP contribution < -0.4 is 15.1 Å². The second-order valence-corrected chi connectivity index (χ2v) is 10.1. The van der Waals surface area contributed by atoms with Gasteiger partial charge >= 0.3 is 0 Å². The van der Waals surface area contributed by atoms with Gasteiger partial charge in [0.25, 0.3) is 0 Å². The van der Waals surface area contributed by atoms with E-state index in [9.17, 15) is 14.9 Å². The maximum Gasteiger partial charge on any atom is 0.241 e. The van der Waals surface area contributed by atoms with Crippen molar-refractivity contribution in [1.82, 2.24) is 18.3 Å². The number of likely N-dealkylation sites (tertiary alicyclic amines) is 3. The normalized spacial score (nSPS) is 29.4. The molecule has 3 unspecified atom stereocenters. The summed E-state index contributed by atoms with van der Waals surface area (Å²) < 4.78 is 2.69. The van der Waals surface area contributed by atoms with Gasteiger partial charge in [-0.05, 0) is 49.3 Å². The summed E-state index contributed by atoms with van der Waals surface area (Å²) in [7, 11) is 0. The zero-order valence-electron chi connectivity index (χ0n) is 18.9. The molecule has 1 aromatic carbocycles. The molecule has 10 nitrogen and oxygen atoms in total. The monoisotopic (exact) mass is 576 g/mol. The molecule has 3 aliphatic heterocycles. The van der Waals surface area contributed by atoms with Gasteiger partial charge in [-0.15, -0.1) is 0 Å². The first-order chi connectivity index (χ1) is 16.4. The maximum absolute atomic E-state index is 13.4. The third-order valence-corrected chi connectivity index (χ3v) is 7.97. The summed E-state index contributed by atoms with van der Waals surface area (Å²) in [6, 6.07) is 7.19. The van der Waals surface area contributed by atoms with Gasteiger partial charge in [-0.1, -0.05) is 12.1 Å². The van der Waals surface area contributed by atoms with Crippen molar-refractivity contribution in [2.45, 2.75) is 62.3 Å². The van der Waals surface area contributed by atoms with Crippen molar-refractivity contribution in [2.75, 3.05) is 19.6 Å². The molecule has 3 saturated heterocycles. The van der Waals surface area contributed by atoms with E-state index in [2.05, 4.69) is 36.7 Å². The fourth-order valence-corrected chi connectivity index (χ4v) is 6.42. The first-order valence-electron chi connectivity index (χ1n) is 11.8. The van der Waals surface area contributed by atoms with Crippen molar-refractivity contribution in [1.29, 1.82) is 5.26 Å². The van der Waals surface area contributed by atoms with Crippen LogP contribution >= 0.6 is 22.9 Å². The average molecular weight is 576 g/mol. The molecule has 4 aliphatic rings. The Morgan fingerprint density at radius 1 is 1.35 bits per heavy atom. The first kappa shape index (κ1) is 23.3. The minimum atomic E-state index is -0.718. The van der Waals surface area contributed by atoms with Crippen molar-refractivity contribution >= 4 is 40.5 Å². The highest BCUT2D eigenvalue weighted by Gasteiger charge is 2.53. The molecular formula is C23H29IN8O2. The van der Waals surface area contributed by atoms with Crippen LogP contribution in [-0.2, 0) is 16.0 Å². The molecule has 2 bridgehead atoms. The Morgan fingerprint density at radius 3 is 2.91 bits per heavy atom. The molecule has 0 saturated carbocycles. The Kier molecular flexibility index (Phi) is 6.39. The van der Waals surface area contributed by atoms with Crippen LogP contribution in [0, 0.1) is 11.3 Å². The number of nitrogens with zero attached hydrogens (tertiary/aromatic N) is 5. The summed E-state index contributed by atoms with van der Waals surface area (Å²) in [4.78, 5) is 32.0. The van der Waals surface area contributed by atoms with Crippen LogP contribution in [-0.4, -0.2) is 76.2 Å². The molecule has 1 aliphatic carbocycles. The number of nitriles is 1. The lowest BCUT2D eigenvalue weighted by atomic mass is 10.0. The van der Waals surface area contributed by atoms with Gasteiger partial charge in [-0.2, -0.15) is 10.4 Å². The summed E-state index contributed by atoms with van der Waals surface area (Å²) in [6.07, 6.45) is 4.11. The van der Waals surface area contributed by atoms with E-state index in [4.69, 9.17) is 11.5 Å². The van der Waals surface area contributed by atoms with Crippen LogP contribution in [0.15, 0.2) is 23.3 Å². The number of nitrogens with one attached hydrogen (secondary N) is 1. The highest BCUT2D eigenvalue weighted by molar-refractivity contribution is 14.1. The van der Waals surface area contributed by atoms with Crippen LogP contribution in [0.1, 0.15) is 48.4 Å². The molecule has 0 spiro atoms. The molecule has 5 rings (SSSR count). The number of hydrogen-bond donors (Lipinski definition) is 3. The van der Waals surface area contributed by atoms with Crippen molar-refractivity contribution in [3.05, 3.63) is 34.9 Å².